The molecule has 2 nitrogen and oxygen atoms in total. The van der Waals surface area contributed by atoms with Gasteiger partial charge in [-0.05, 0) is 56.6 Å². The van der Waals surface area contributed by atoms with Crippen LogP contribution in [0.25, 0.3) is 0 Å². The summed E-state index contributed by atoms with van der Waals surface area (Å²) in [7, 11) is 0. The molecule has 1 N–H and O–H groups in total. The van der Waals surface area contributed by atoms with Gasteiger partial charge in [0.2, 0.25) is 0 Å². The zero-order valence-electron chi connectivity index (χ0n) is 12.4. The summed E-state index contributed by atoms with van der Waals surface area (Å²) < 4.78 is 0.812. The summed E-state index contributed by atoms with van der Waals surface area (Å²) in [6.07, 6.45) is 3.68. The molecule has 0 saturated heterocycles. The molecule has 0 amide bonds. The molecule has 0 radical (unpaired) electrons. The van der Waals surface area contributed by atoms with E-state index in [2.05, 4.69) is 66.8 Å². The standard InChI is InChI=1S/C17H21BrN2/c1-10(2)12-6-5-7-13(11(3)4)16(12)17-14(19)8-9-15(18)20-17/h5-11,17,19H,1-4H3. The quantitative estimate of drug-likeness (QED) is 0.773. The lowest BCUT2D eigenvalue weighted by molar-refractivity contribution is 0.777. The average molecular weight is 333 g/mol. The number of nitrogens with zero attached hydrogens (tertiary/aromatic N) is 1. The first-order valence-electron chi connectivity index (χ1n) is 7.04. The maximum Gasteiger partial charge on any atom is 0.118 e. The Morgan fingerprint density at radius 1 is 1.05 bits per heavy atom. The van der Waals surface area contributed by atoms with Gasteiger partial charge in [0.05, 0.1) is 5.71 Å². The van der Waals surface area contributed by atoms with E-state index in [1.807, 2.05) is 12.2 Å². The second-order valence-corrected chi connectivity index (χ2v) is 6.62. The van der Waals surface area contributed by atoms with E-state index in [9.17, 15) is 0 Å². The number of hydrogen-bond acceptors (Lipinski definition) is 2. The van der Waals surface area contributed by atoms with Crippen LogP contribution in [-0.4, -0.2) is 10.3 Å². The summed E-state index contributed by atoms with van der Waals surface area (Å²) in [5.74, 6) is 0.854. The predicted molar refractivity (Wildman–Crippen MR) is 90.6 cm³/mol. The van der Waals surface area contributed by atoms with E-state index < -0.39 is 0 Å². The van der Waals surface area contributed by atoms with Gasteiger partial charge in [-0.2, -0.15) is 0 Å². The summed E-state index contributed by atoms with van der Waals surface area (Å²) in [4.78, 5) is 4.64. The summed E-state index contributed by atoms with van der Waals surface area (Å²) >= 11 is 3.44. The number of halogens is 1. The lowest BCUT2D eigenvalue weighted by atomic mass is 9.83. The largest absolute Gasteiger partial charge is 0.303 e. The third kappa shape index (κ3) is 2.93. The van der Waals surface area contributed by atoms with E-state index in [0.29, 0.717) is 17.5 Å². The predicted octanol–water partition coefficient (Wildman–Crippen LogP) is 5.36. The second kappa shape index (κ2) is 6.04. The monoisotopic (exact) mass is 332 g/mol. The van der Waals surface area contributed by atoms with Gasteiger partial charge in [0, 0.05) is 0 Å². The van der Waals surface area contributed by atoms with Gasteiger partial charge in [-0.1, -0.05) is 45.9 Å². The van der Waals surface area contributed by atoms with Gasteiger partial charge < -0.3 is 5.41 Å². The second-order valence-electron chi connectivity index (χ2n) is 5.80. The average Bonchev–Trinajstić information content (AvgIpc) is 2.40. The first-order chi connectivity index (χ1) is 9.41. The van der Waals surface area contributed by atoms with E-state index in [4.69, 9.17) is 5.41 Å². The van der Waals surface area contributed by atoms with Crippen molar-refractivity contribution in [2.75, 3.05) is 0 Å². The van der Waals surface area contributed by atoms with Gasteiger partial charge in [0.1, 0.15) is 10.7 Å². The van der Waals surface area contributed by atoms with Crippen LogP contribution in [0.2, 0.25) is 0 Å². The molecule has 0 bridgehead atoms. The normalized spacial score (nSPS) is 18.9. The summed E-state index contributed by atoms with van der Waals surface area (Å²) in [5.41, 5.74) is 4.36. The molecule has 1 aliphatic rings. The van der Waals surface area contributed by atoms with Crippen LogP contribution in [-0.2, 0) is 0 Å². The Kier molecular flexibility index (Phi) is 4.59. The number of benzene rings is 1. The Balaban J connectivity index is 2.64. The highest BCUT2D eigenvalue weighted by Crippen LogP contribution is 2.36. The van der Waals surface area contributed by atoms with Gasteiger partial charge in [-0.25, -0.2) is 0 Å². The van der Waals surface area contributed by atoms with E-state index >= 15 is 0 Å². The van der Waals surface area contributed by atoms with Crippen molar-refractivity contribution >= 4 is 26.3 Å². The molecular formula is C17H21BrN2. The molecule has 1 heterocycles. The SMILES string of the molecule is CC(C)c1cccc(C(C)C)c1C1N=C(Br)C=CC1=N. The summed E-state index contributed by atoms with van der Waals surface area (Å²) in [6, 6.07) is 6.27. The third-order valence-corrected chi connectivity index (χ3v) is 4.11. The number of dihydropyridines is 1. The molecule has 0 fully saturated rings. The zero-order chi connectivity index (χ0) is 14.9. The highest BCUT2D eigenvalue weighted by molar-refractivity contribution is 9.18. The van der Waals surface area contributed by atoms with Crippen LogP contribution in [0.4, 0.5) is 0 Å². The molecule has 1 atom stereocenters. The van der Waals surface area contributed by atoms with E-state index in [1.165, 1.54) is 16.7 Å². The topological polar surface area (TPSA) is 36.2 Å². The Bertz CT molecular complexity index is 556. The molecule has 1 aromatic rings. The van der Waals surface area contributed by atoms with Gasteiger partial charge in [0.25, 0.3) is 0 Å². The first-order valence-corrected chi connectivity index (χ1v) is 7.83. The van der Waals surface area contributed by atoms with Crippen LogP contribution < -0.4 is 0 Å². The first kappa shape index (κ1) is 15.2. The van der Waals surface area contributed by atoms with Crippen molar-refractivity contribution < 1.29 is 0 Å². The number of hydrogen-bond donors (Lipinski definition) is 1. The molecule has 1 unspecified atom stereocenters. The van der Waals surface area contributed by atoms with Gasteiger partial charge >= 0.3 is 0 Å². The molecule has 1 aromatic carbocycles. The minimum Gasteiger partial charge on any atom is -0.303 e. The van der Waals surface area contributed by atoms with Crippen molar-refractivity contribution in [3.8, 4) is 0 Å². The fourth-order valence-electron chi connectivity index (χ4n) is 2.63. The van der Waals surface area contributed by atoms with Gasteiger partial charge in [-0.15, -0.1) is 0 Å². The summed E-state index contributed by atoms with van der Waals surface area (Å²) in [6.45, 7) is 8.79. The number of rotatable bonds is 3. The van der Waals surface area contributed by atoms with Crippen molar-refractivity contribution in [2.45, 2.75) is 45.6 Å². The molecule has 0 spiro atoms. The van der Waals surface area contributed by atoms with Crippen LogP contribution in [0.15, 0.2) is 35.3 Å². The van der Waals surface area contributed by atoms with E-state index in [0.717, 1.165) is 4.62 Å². The Labute approximate surface area is 129 Å². The van der Waals surface area contributed by atoms with Crippen LogP contribution in [0.5, 0.6) is 0 Å². The Hall–Kier alpha value is -1.22. The zero-order valence-corrected chi connectivity index (χ0v) is 14.0. The number of allylic oxidation sites excluding steroid dienone is 1. The Morgan fingerprint density at radius 2 is 1.60 bits per heavy atom. The molecule has 2 rings (SSSR count). The molecule has 1 aliphatic heterocycles. The highest BCUT2D eigenvalue weighted by atomic mass is 79.9. The minimum absolute atomic E-state index is 0.189. The van der Waals surface area contributed by atoms with Gasteiger partial charge in [-0.3, -0.25) is 4.99 Å². The van der Waals surface area contributed by atoms with Crippen molar-refractivity contribution in [3.05, 3.63) is 47.0 Å². The van der Waals surface area contributed by atoms with Crippen LogP contribution in [0.1, 0.15) is 62.3 Å². The van der Waals surface area contributed by atoms with Crippen molar-refractivity contribution in [2.24, 2.45) is 4.99 Å². The molecule has 0 aromatic heterocycles. The van der Waals surface area contributed by atoms with Gasteiger partial charge in [0.15, 0.2) is 0 Å². The molecule has 3 heteroatoms. The van der Waals surface area contributed by atoms with Crippen LogP contribution in [0.3, 0.4) is 0 Å². The molecule has 0 saturated carbocycles. The molecular weight excluding hydrogens is 312 g/mol. The van der Waals surface area contributed by atoms with Crippen LogP contribution in [0, 0.1) is 5.41 Å². The van der Waals surface area contributed by atoms with E-state index in [1.54, 1.807) is 0 Å². The van der Waals surface area contributed by atoms with Crippen molar-refractivity contribution in [3.63, 3.8) is 0 Å². The summed E-state index contributed by atoms with van der Waals surface area (Å²) in [5, 5.41) is 8.23. The van der Waals surface area contributed by atoms with Crippen LogP contribution >= 0.6 is 15.9 Å². The maximum absolute atomic E-state index is 8.23. The van der Waals surface area contributed by atoms with E-state index in [-0.39, 0.29) is 6.04 Å². The van der Waals surface area contributed by atoms with Crippen molar-refractivity contribution in [1.82, 2.24) is 0 Å². The highest BCUT2D eigenvalue weighted by Gasteiger charge is 2.25. The molecule has 106 valence electrons. The fourth-order valence-corrected chi connectivity index (χ4v) is 2.97. The third-order valence-electron chi connectivity index (χ3n) is 3.64. The number of aliphatic imine (C=N–C) groups is 1. The fraction of sp³-hybridized carbons (Fsp3) is 0.412. The molecule has 0 aliphatic carbocycles. The molecule has 20 heavy (non-hydrogen) atoms. The van der Waals surface area contributed by atoms with Crippen molar-refractivity contribution in [1.29, 1.82) is 5.41 Å². The minimum atomic E-state index is -0.189. The maximum atomic E-state index is 8.23. The smallest absolute Gasteiger partial charge is 0.118 e. The Morgan fingerprint density at radius 3 is 2.10 bits per heavy atom. The lowest BCUT2D eigenvalue weighted by Crippen LogP contribution is -2.17. The number of nitrogens with one attached hydrogen (secondary N) is 1. The lowest BCUT2D eigenvalue weighted by Gasteiger charge is -2.25.